The van der Waals surface area contributed by atoms with Crippen LogP contribution in [-0.2, 0) is 57.9 Å². The van der Waals surface area contributed by atoms with Gasteiger partial charge in [-0.05, 0) is 50.0 Å². The van der Waals surface area contributed by atoms with Crippen LogP contribution in [0.4, 0.5) is 14.4 Å². The molecule has 64 heavy (non-hydrogen) atoms. The van der Waals surface area contributed by atoms with E-state index in [0.29, 0.717) is 38.2 Å². The number of amides is 3. The molecule has 4 atom stereocenters. The third-order valence-electron chi connectivity index (χ3n) is 11.2. The second-order valence-electron chi connectivity index (χ2n) is 16.2. The number of Topliss-reactive ketones (excluding diaryl/α,β-unsaturated/α-hetero) is 1. The van der Waals surface area contributed by atoms with Crippen molar-refractivity contribution in [2.75, 3.05) is 51.8 Å². The molecule has 6 rings (SSSR count). The predicted octanol–water partition coefficient (Wildman–Crippen LogP) is 6.99. The fraction of sp³-hybridized carbons (Fsp3) is 0.438. The highest BCUT2D eigenvalue weighted by atomic mass is 32.2. The predicted molar refractivity (Wildman–Crippen MR) is 243 cm³/mol. The number of hydrogen-bond donors (Lipinski definition) is 2. The fourth-order valence-electron chi connectivity index (χ4n) is 7.63. The minimum Gasteiger partial charge on any atom is -0.481 e. The van der Waals surface area contributed by atoms with E-state index in [-0.39, 0.29) is 56.4 Å². The van der Waals surface area contributed by atoms with E-state index in [9.17, 15) is 33.0 Å². The Hall–Kier alpha value is -6.16. The molecule has 3 aromatic carbocycles. The van der Waals surface area contributed by atoms with Crippen molar-refractivity contribution in [3.63, 3.8) is 0 Å². The summed E-state index contributed by atoms with van der Waals surface area (Å²) >= 11 is 0. The molecule has 3 amide bonds. The molecule has 0 aliphatic carbocycles. The van der Waals surface area contributed by atoms with Gasteiger partial charge in [-0.2, -0.15) is 0 Å². The first-order valence-electron chi connectivity index (χ1n) is 21.4. The van der Waals surface area contributed by atoms with Crippen LogP contribution < -0.4 is 0 Å². The number of carbonyl (C=O) groups is 6. The normalized spacial score (nSPS) is 19.1. The molecule has 2 fully saturated rings. The molecule has 0 aromatic heterocycles. The van der Waals surface area contributed by atoms with E-state index in [1.54, 1.807) is 17.4 Å². The number of aliphatic carboxylic acids is 2. The Morgan fingerprint density at radius 1 is 0.594 bits per heavy atom. The Kier molecular flexibility index (Phi) is 19.4. The van der Waals surface area contributed by atoms with Crippen LogP contribution in [0.5, 0.6) is 0 Å². The summed E-state index contributed by atoms with van der Waals surface area (Å²) in [6.45, 7) is 8.44. The van der Waals surface area contributed by atoms with Crippen molar-refractivity contribution in [2.24, 2.45) is 23.7 Å². The van der Waals surface area contributed by atoms with Crippen LogP contribution >= 0.6 is 0 Å². The van der Waals surface area contributed by atoms with Gasteiger partial charge in [0.2, 0.25) is 0 Å². The summed E-state index contributed by atoms with van der Waals surface area (Å²) in [5, 5.41) is 19.5. The second-order valence-corrected chi connectivity index (χ2v) is 19.1. The smallest absolute Gasteiger partial charge is 0.410 e. The van der Waals surface area contributed by atoms with Crippen molar-refractivity contribution in [3.05, 3.63) is 119 Å². The number of ether oxygens (including phenoxy) is 3. The Bertz CT molecular complexity index is 2150. The molecule has 3 aliphatic heterocycles. The first kappa shape index (κ1) is 50.5. The summed E-state index contributed by atoms with van der Waals surface area (Å²) < 4.78 is 27.6. The lowest BCUT2D eigenvalue weighted by molar-refractivity contribution is -0.142. The molecule has 0 radical (unpaired) electrons. The highest BCUT2D eigenvalue weighted by Gasteiger charge is 2.40. The average molecular weight is 904 g/mol. The minimum atomic E-state index is -2.24. The van der Waals surface area contributed by atoms with Crippen molar-refractivity contribution in [1.82, 2.24) is 14.7 Å². The molecule has 346 valence electrons. The SMILES string of the molecule is CCC1=C(C(=O)O)CN(C(=O)OCc2ccccc2)C1.CC[C@@H]1CN(C(=O)OCc2ccccc2)CC1C(=O)C=S(C)(C)=O.CC[C@@H]1CN(C(=O)OCc2ccccc2)C[C@@H]1C(=O)O. The van der Waals surface area contributed by atoms with E-state index in [4.69, 9.17) is 24.4 Å². The van der Waals surface area contributed by atoms with Crippen molar-refractivity contribution >= 4 is 50.9 Å². The average Bonchev–Trinajstić information content (AvgIpc) is 4.05. The van der Waals surface area contributed by atoms with Gasteiger partial charge < -0.3 is 34.2 Å². The molecule has 2 N–H and O–H groups in total. The Morgan fingerprint density at radius 3 is 1.31 bits per heavy atom. The zero-order valence-electron chi connectivity index (χ0n) is 37.3. The molecule has 1 unspecified atom stereocenters. The van der Waals surface area contributed by atoms with Gasteiger partial charge in [-0.25, -0.2) is 19.2 Å². The van der Waals surface area contributed by atoms with E-state index in [1.807, 2.05) is 112 Å². The first-order chi connectivity index (χ1) is 30.5. The van der Waals surface area contributed by atoms with Crippen molar-refractivity contribution < 1.29 is 57.4 Å². The van der Waals surface area contributed by atoms with E-state index in [2.05, 4.69) is 0 Å². The summed E-state index contributed by atoms with van der Waals surface area (Å²) in [5.74, 6) is -2.61. The lowest BCUT2D eigenvalue weighted by Crippen LogP contribution is -2.31. The summed E-state index contributed by atoms with van der Waals surface area (Å²) in [6.07, 6.45) is 3.96. The highest BCUT2D eigenvalue weighted by molar-refractivity contribution is 8.01. The highest BCUT2D eigenvalue weighted by Crippen LogP contribution is 2.29. The maximum absolute atomic E-state index is 12.4. The number of carboxylic acid groups (broad SMARTS) is 2. The first-order valence-corrected chi connectivity index (χ1v) is 23.8. The van der Waals surface area contributed by atoms with Gasteiger partial charge in [0, 0.05) is 56.5 Å². The Labute approximate surface area is 376 Å². The van der Waals surface area contributed by atoms with Crippen LogP contribution in [0.3, 0.4) is 0 Å². The number of hydrogen-bond acceptors (Lipinski definition) is 10. The van der Waals surface area contributed by atoms with Gasteiger partial charge in [-0.3, -0.25) is 18.7 Å². The van der Waals surface area contributed by atoms with Crippen LogP contribution in [0.15, 0.2) is 102 Å². The number of carbonyl (C=O) groups excluding carboxylic acids is 4. The van der Waals surface area contributed by atoms with Gasteiger partial charge in [-0.1, -0.05) is 125 Å². The van der Waals surface area contributed by atoms with Gasteiger partial charge in [0.05, 0.1) is 18.0 Å². The topological polar surface area (TPSA) is 197 Å². The zero-order chi connectivity index (χ0) is 46.8. The van der Waals surface area contributed by atoms with Crippen molar-refractivity contribution in [3.8, 4) is 0 Å². The van der Waals surface area contributed by atoms with Crippen LogP contribution in [0, 0.1) is 23.7 Å². The summed E-state index contributed by atoms with van der Waals surface area (Å²) in [7, 11) is -2.24. The molecule has 0 spiro atoms. The molecular weight excluding hydrogens is 843 g/mol. The number of likely N-dealkylation sites (tertiary alicyclic amines) is 2. The van der Waals surface area contributed by atoms with E-state index in [0.717, 1.165) is 35.1 Å². The molecular formula is C48H61N3O12S. The van der Waals surface area contributed by atoms with Crippen LogP contribution in [-0.4, -0.2) is 122 Å². The Balaban J connectivity index is 0.000000212. The second kappa shape index (κ2) is 24.6. The van der Waals surface area contributed by atoms with Gasteiger partial charge in [-0.15, -0.1) is 0 Å². The third-order valence-corrected chi connectivity index (χ3v) is 12.0. The number of carboxylic acids is 2. The molecule has 15 nitrogen and oxygen atoms in total. The van der Waals surface area contributed by atoms with Gasteiger partial charge in [0.1, 0.15) is 19.8 Å². The monoisotopic (exact) mass is 903 g/mol. The lowest BCUT2D eigenvalue weighted by atomic mass is 9.91. The number of benzene rings is 3. The zero-order valence-corrected chi connectivity index (χ0v) is 38.1. The van der Waals surface area contributed by atoms with Gasteiger partial charge >= 0.3 is 30.2 Å². The van der Waals surface area contributed by atoms with Crippen LogP contribution in [0.1, 0.15) is 56.7 Å². The molecule has 16 heteroatoms. The largest absolute Gasteiger partial charge is 0.481 e. The standard InChI is InChI=1S/C18H25NO4S.C15H19NO4.C15H17NO4/c1-4-15-10-19(11-16(15)17(20)13-24(2,3)22)18(21)23-12-14-8-6-5-7-9-14;2*1-2-12-8-16(9-13(12)14(17)18)15(19)20-10-11-6-4-3-5-7-11/h5-9,13,15-16H,4,10-12H2,1-3H3;3-7,12-13H,2,8-10H2,1H3,(H,17,18);3-7H,2,8-10H2,1H3,(H,17,18)/t15-,16?;12-,13+;/m11./s1. The van der Waals surface area contributed by atoms with Crippen LogP contribution in [0.2, 0.25) is 0 Å². The molecule has 3 heterocycles. The quantitative estimate of drug-likeness (QED) is 0.132. The number of ketones is 1. The molecule has 3 aromatic rings. The van der Waals surface area contributed by atoms with E-state index >= 15 is 0 Å². The third kappa shape index (κ3) is 15.6. The van der Waals surface area contributed by atoms with Crippen LogP contribution in [0.25, 0.3) is 0 Å². The fourth-order valence-corrected chi connectivity index (χ4v) is 8.36. The van der Waals surface area contributed by atoms with E-state index < -0.39 is 45.7 Å². The number of rotatable bonds is 13. The maximum Gasteiger partial charge on any atom is 0.410 e. The molecule has 2 saturated heterocycles. The minimum absolute atomic E-state index is 0.0109. The van der Waals surface area contributed by atoms with Gasteiger partial charge in [0.15, 0.2) is 5.78 Å². The summed E-state index contributed by atoms with van der Waals surface area (Å²) in [6, 6.07) is 28.3. The van der Waals surface area contributed by atoms with Gasteiger partial charge in [0.25, 0.3) is 0 Å². The number of nitrogens with zero attached hydrogens (tertiary/aromatic N) is 3. The maximum atomic E-state index is 12.4. The molecule has 0 saturated carbocycles. The summed E-state index contributed by atoms with van der Waals surface area (Å²) in [5.41, 5.74) is 3.84. The van der Waals surface area contributed by atoms with Crippen molar-refractivity contribution in [2.45, 2.75) is 59.9 Å². The molecule has 3 aliphatic rings. The Morgan fingerprint density at radius 2 is 0.984 bits per heavy atom. The van der Waals surface area contributed by atoms with Crippen molar-refractivity contribution in [1.29, 1.82) is 0 Å². The summed E-state index contributed by atoms with van der Waals surface area (Å²) in [4.78, 5) is 75.2. The van der Waals surface area contributed by atoms with E-state index in [1.165, 1.54) is 15.2 Å². The molecule has 0 bridgehead atoms. The lowest BCUT2D eigenvalue weighted by Gasteiger charge is -2.16.